The molecule has 0 amide bonds. The van der Waals surface area contributed by atoms with Gasteiger partial charge < -0.3 is 64.2 Å². The summed E-state index contributed by atoms with van der Waals surface area (Å²) in [6, 6.07) is 0. The van der Waals surface area contributed by atoms with E-state index in [9.17, 15) is 40.5 Å². The number of allylic oxidation sites excluding steroid dienone is 10. The molecule has 14 nitrogen and oxygen atoms in total. The van der Waals surface area contributed by atoms with Gasteiger partial charge in [-0.15, -0.1) is 0 Å². The normalized spacial score (nSPS) is 24.5. The zero-order chi connectivity index (χ0) is 56.5. The number of carbonyl (C=O) groups is 1. The van der Waals surface area contributed by atoms with E-state index in [1.165, 1.54) is 141 Å². The molecule has 2 fully saturated rings. The van der Waals surface area contributed by atoms with Crippen molar-refractivity contribution in [1.29, 1.82) is 0 Å². The van der Waals surface area contributed by atoms with E-state index in [2.05, 4.69) is 74.6 Å². The summed E-state index contributed by atoms with van der Waals surface area (Å²) in [4.78, 5) is 13.1. The van der Waals surface area contributed by atoms with Crippen LogP contribution in [0.5, 0.6) is 0 Å². The van der Waals surface area contributed by atoms with Gasteiger partial charge in [0.25, 0.3) is 0 Å². The fourth-order valence-electron chi connectivity index (χ4n) is 9.74. The summed E-state index contributed by atoms with van der Waals surface area (Å²) in [5.74, 6) is -0.378. The van der Waals surface area contributed by atoms with Crippen molar-refractivity contribution in [3.8, 4) is 0 Å². The molecule has 14 heteroatoms. The van der Waals surface area contributed by atoms with Crippen LogP contribution in [-0.4, -0.2) is 142 Å². The highest BCUT2D eigenvalue weighted by atomic mass is 16.7. The smallest absolute Gasteiger partial charge is 0.306 e. The molecule has 2 aliphatic rings. The van der Waals surface area contributed by atoms with E-state index in [1.54, 1.807) is 0 Å². The Bertz CT molecular complexity index is 1520. The van der Waals surface area contributed by atoms with Gasteiger partial charge in [-0.1, -0.05) is 216 Å². The van der Waals surface area contributed by atoms with Gasteiger partial charge in [0.15, 0.2) is 12.6 Å². The van der Waals surface area contributed by atoms with Crippen LogP contribution in [0.3, 0.4) is 0 Å². The zero-order valence-corrected chi connectivity index (χ0v) is 48.9. The molecule has 2 rings (SSSR count). The van der Waals surface area contributed by atoms with Crippen molar-refractivity contribution in [2.75, 3.05) is 33.0 Å². The van der Waals surface area contributed by atoms with E-state index >= 15 is 0 Å². The number of hydrogen-bond acceptors (Lipinski definition) is 14. The second kappa shape index (κ2) is 50.4. The standard InChI is InChI=1S/C64H114O14/c1-3-5-7-9-11-13-15-17-19-21-23-24-25-26-27-28-29-31-33-35-37-39-41-43-45-47-56(66)76-53(50-73-48-46-44-42-40-38-36-34-32-30-22-20-18-16-14-12-10-8-6-4-2)51-74-63-62(72)60(70)58(68)55(78-63)52-75-64-61(71)59(69)57(67)54(49-65)77-64/h5,7,11,13,17,19-20,22-24,53-55,57-65,67-72H,3-4,6,8-10,12,14-16,18,21,25-52H2,1-2H3/b7-5-,13-11-,19-17-,22-20-,24-23-. The first-order valence-corrected chi connectivity index (χ1v) is 31.4. The van der Waals surface area contributed by atoms with Crippen LogP contribution in [0.4, 0.5) is 0 Å². The number of ether oxygens (including phenoxy) is 6. The molecule has 11 unspecified atom stereocenters. The topological polar surface area (TPSA) is 214 Å². The minimum Gasteiger partial charge on any atom is -0.457 e. The molecule has 0 spiro atoms. The predicted octanol–water partition coefficient (Wildman–Crippen LogP) is 12.0. The first-order chi connectivity index (χ1) is 38.1. The van der Waals surface area contributed by atoms with Crippen molar-refractivity contribution in [1.82, 2.24) is 0 Å². The van der Waals surface area contributed by atoms with Gasteiger partial charge in [0.2, 0.25) is 0 Å². The Kier molecular flexibility index (Phi) is 46.4. The van der Waals surface area contributed by atoms with E-state index in [4.69, 9.17) is 28.4 Å². The van der Waals surface area contributed by atoms with Gasteiger partial charge in [-0.2, -0.15) is 0 Å². The summed E-state index contributed by atoms with van der Waals surface area (Å²) in [6.07, 6.45) is 47.1. The fraction of sp³-hybridized carbons (Fsp3) is 0.828. The lowest BCUT2D eigenvalue weighted by Gasteiger charge is -2.42. The predicted molar refractivity (Wildman–Crippen MR) is 312 cm³/mol. The van der Waals surface area contributed by atoms with Gasteiger partial charge in [0, 0.05) is 13.0 Å². The molecule has 11 atom stereocenters. The van der Waals surface area contributed by atoms with Gasteiger partial charge >= 0.3 is 5.97 Å². The SMILES string of the molecule is CC/C=C\C/C=C\C/C=C\C/C=C\CCCCCCCCCCCCCCC(=O)OC(COCCCCCCCCCC/C=C\CCCCCCCCC)COC1OC(COC2OC(CO)C(O)C(O)C2O)C(O)C(O)C1O. The second-order valence-corrected chi connectivity index (χ2v) is 21.8. The third-order valence-corrected chi connectivity index (χ3v) is 14.8. The minimum absolute atomic E-state index is 0.0584. The zero-order valence-electron chi connectivity index (χ0n) is 48.9. The van der Waals surface area contributed by atoms with Crippen LogP contribution in [0.1, 0.15) is 239 Å². The molecule has 0 saturated carbocycles. The highest BCUT2D eigenvalue weighted by molar-refractivity contribution is 5.69. The summed E-state index contributed by atoms with van der Waals surface area (Å²) in [6.45, 7) is 3.60. The molecule has 7 N–H and O–H groups in total. The summed E-state index contributed by atoms with van der Waals surface area (Å²) < 4.78 is 34.5. The minimum atomic E-state index is -1.71. The van der Waals surface area contributed by atoms with Crippen molar-refractivity contribution in [2.45, 2.75) is 306 Å². The van der Waals surface area contributed by atoms with E-state index in [-0.39, 0.29) is 25.6 Å². The van der Waals surface area contributed by atoms with Crippen molar-refractivity contribution >= 4 is 5.97 Å². The Morgan fingerprint density at radius 2 is 0.833 bits per heavy atom. The molecule has 0 aromatic heterocycles. The van der Waals surface area contributed by atoms with Crippen molar-refractivity contribution < 1.29 is 69.0 Å². The lowest BCUT2D eigenvalue weighted by molar-refractivity contribution is -0.332. The summed E-state index contributed by atoms with van der Waals surface area (Å²) in [5, 5.41) is 72.5. The number of hydrogen-bond donors (Lipinski definition) is 7. The van der Waals surface area contributed by atoms with Crippen LogP contribution in [0.2, 0.25) is 0 Å². The number of esters is 1. The quantitative estimate of drug-likeness (QED) is 0.0172. The number of rotatable bonds is 51. The molecule has 2 heterocycles. The lowest BCUT2D eigenvalue weighted by atomic mass is 9.98. The third kappa shape index (κ3) is 36.2. The van der Waals surface area contributed by atoms with Crippen molar-refractivity contribution in [3.63, 3.8) is 0 Å². The van der Waals surface area contributed by atoms with Crippen LogP contribution in [0.15, 0.2) is 60.8 Å². The molecule has 0 aromatic rings. The summed E-state index contributed by atoms with van der Waals surface area (Å²) >= 11 is 0. The van der Waals surface area contributed by atoms with Crippen molar-refractivity contribution in [3.05, 3.63) is 60.8 Å². The summed E-state index contributed by atoms with van der Waals surface area (Å²) in [5.41, 5.74) is 0. The van der Waals surface area contributed by atoms with Gasteiger partial charge in [-0.25, -0.2) is 0 Å². The van der Waals surface area contributed by atoms with Gasteiger partial charge in [-0.3, -0.25) is 4.79 Å². The Labute approximate surface area is 473 Å². The molecule has 454 valence electrons. The molecule has 78 heavy (non-hydrogen) atoms. The highest BCUT2D eigenvalue weighted by Crippen LogP contribution is 2.27. The number of carbonyl (C=O) groups excluding carboxylic acids is 1. The van der Waals surface area contributed by atoms with Crippen LogP contribution < -0.4 is 0 Å². The lowest BCUT2D eigenvalue weighted by Crippen LogP contribution is -2.61. The molecule has 2 saturated heterocycles. The first kappa shape index (κ1) is 71.8. The van der Waals surface area contributed by atoms with Crippen molar-refractivity contribution in [2.24, 2.45) is 0 Å². The Morgan fingerprint density at radius 3 is 1.32 bits per heavy atom. The average molecular weight is 1110 g/mol. The fourth-order valence-corrected chi connectivity index (χ4v) is 9.74. The van der Waals surface area contributed by atoms with Crippen LogP contribution >= 0.6 is 0 Å². The first-order valence-electron chi connectivity index (χ1n) is 31.4. The molecular formula is C64H114O14. The van der Waals surface area contributed by atoms with Crippen LogP contribution in [-0.2, 0) is 33.2 Å². The summed E-state index contributed by atoms with van der Waals surface area (Å²) in [7, 11) is 0. The van der Waals surface area contributed by atoms with E-state index in [0.29, 0.717) is 13.0 Å². The Hall–Kier alpha value is -2.31. The number of aliphatic hydroxyl groups is 7. The monoisotopic (exact) mass is 1110 g/mol. The Balaban J connectivity index is 1.68. The highest BCUT2D eigenvalue weighted by Gasteiger charge is 2.47. The van der Waals surface area contributed by atoms with Crippen LogP contribution in [0.25, 0.3) is 0 Å². The Morgan fingerprint density at radius 1 is 0.436 bits per heavy atom. The maximum Gasteiger partial charge on any atom is 0.306 e. The molecule has 0 aromatic carbocycles. The molecule has 0 radical (unpaired) electrons. The van der Waals surface area contributed by atoms with E-state index < -0.39 is 80.7 Å². The largest absolute Gasteiger partial charge is 0.457 e. The maximum atomic E-state index is 13.1. The number of aliphatic hydroxyl groups excluding tert-OH is 7. The van der Waals surface area contributed by atoms with E-state index in [0.717, 1.165) is 70.6 Å². The maximum absolute atomic E-state index is 13.1. The molecule has 0 bridgehead atoms. The van der Waals surface area contributed by atoms with Gasteiger partial charge in [0.05, 0.1) is 26.4 Å². The molecular weight excluding hydrogens is 993 g/mol. The second-order valence-electron chi connectivity index (χ2n) is 21.8. The molecule has 0 aliphatic carbocycles. The van der Waals surface area contributed by atoms with E-state index in [1.807, 2.05) is 0 Å². The van der Waals surface area contributed by atoms with Gasteiger partial charge in [0.1, 0.15) is 54.9 Å². The molecule has 2 aliphatic heterocycles. The number of unbranched alkanes of at least 4 members (excludes halogenated alkanes) is 27. The van der Waals surface area contributed by atoms with Gasteiger partial charge in [-0.05, 0) is 77.0 Å². The van der Waals surface area contributed by atoms with Crippen LogP contribution in [0, 0.1) is 0 Å². The average Bonchev–Trinajstić information content (AvgIpc) is 3.44. The third-order valence-electron chi connectivity index (χ3n) is 14.8.